The van der Waals surface area contributed by atoms with Gasteiger partial charge in [0.15, 0.2) is 6.61 Å². The number of anilines is 1. The lowest BCUT2D eigenvalue weighted by molar-refractivity contribution is -0.123. The molecular weight excluding hydrogens is 424 g/mol. The van der Waals surface area contributed by atoms with E-state index in [0.29, 0.717) is 18.0 Å². The Kier molecular flexibility index (Phi) is 8.56. The molecule has 0 spiro atoms. The van der Waals surface area contributed by atoms with Crippen molar-refractivity contribution in [3.05, 3.63) is 54.1 Å². The van der Waals surface area contributed by atoms with Gasteiger partial charge in [0.2, 0.25) is 0 Å². The smallest absolute Gasteiger partial charge is 0.264 e. The molecule has 0 aliphatic heterocycles. The fraction of sp³-hybridized carbons (Fsp3) is 0.480. The van der Waals surface area contributed by atoms with Crippen LogP contribution < -0.4 is 14.4 Å². The molecule has 0 bridgehead atoms. The highest BCUT2D eigenvalue weighted by Gasteiger charge is 2.23. The van der Waals surface area contributed by atoms with E-state index in [2.05, 4.69) is 5.32 Å². The molecule has 32 heavy (non-hydrogen) atoms. The van der Waals surface area contributed by atoms with Gasteiger partial charge >= 0.3 is 0 Å². The van der Waals surface area contributed by atoms with Crippen molar-refractivity contribution in [1.82, 2.24) is 5.32 Å². The van der Waals surface area contributed by atoms with Crippen LogP contribution in [0.5, 0.6) is 5.75 Å². The van der Waals surface area contributed by atoms with E-state index in [-0.39, 0.29) is 23.5 Å². The Hall–Kier alpha value is -2.54. The van der Waals surface area contributed by atoms with Crippen LogP contribution in [-0.2, 0) is 14.8 Å². The van der Waals surface area contributed by atoms with Gasteiger partial charge in [-0.3, -0.25) is 9.10 Å². The minimum absolute atomic E-state index is 0.0466. The number of hydrogen-bond acceptors (Lipinski definition) is 4. The van der Waals surface area contributed by atoms with Gasteiger partial charge in [0.05, 0.1) is 10.6 Å². The average molecular weight is 459 g/mol. The largest absolute Gasteiger partial charge is 0.484 e. The number of nitrogens with zero attached hydrogens (tertiary/aromatic N) is 1. The van der Waals surface area contributed by atoms with Gasteiger partial charge in [-0.1, -0.05) is 49.8 Å². The molecule has 6 nitrogen and oxygen atoms in total. The van der Waals surface area contributed by atoms with E-state index in [1.165, 1.54) is 23.6 Å². The SMILES string of the molecule is CCN(c1ccc(OCC(=O)NC2CCCCCCC2)cc1)S(=O)(=O)c1ccc(C)cc1. The number of amides is 1. The fourth-order valence-electron chi connectivity index (χ4n) is 4.06. The highest BCUT2D eigenvalue weighted by Crippen LogP contribution is 2.26. The lowest BCUT2D eigenvalue weighted by atomic mass is 9.97. The maximum absolute atomic E-state index is 13.1. The zero-order valence-corrected chi connectivity index (χ0v) is 19.9. The van der Waals surface area contributed by atoms with Gasteiger partial charge in [-0.25, -0.2) is 8.42 Å². The van der Waals surface area contributed by atoms with Crippen molar-refractivity contribution in [2.45, 2.75) is 69.7 Å². The third-order valence-corrected chi connectivity index (χ3v) is 7.78. The third-order valence-electron chi connectivity index (χ3n) is 5.86. The second-order valence-corrected chi connectivity index (χ2v) is 10.2. The van der Waals surface area contributed by atoms with E-state index >= 15 is 0 Å². The predicted molar refractivity (Wildman–Crippen MR) is 128 cm³/mol. The molecule has 1 aliphatic rings. The van der Waals surface area contributed by atoms with Gasteiger partial charge < -0.3 is 10.1 Å². The molecule has 3 rings (SSSR count). The van der Waals surface area contributed by atoms with Gasteiger partial charge in [0.25, 0.3) is 15.9 Å². The maximum atomic E-state index is 13.1. The van der Waals surface area contributed by atoms with Crippen molar-refractivity contribution in [3.63, 3.8) is 0 Å². The summed E-state index contributed by atoms with van der Waals surface area (Å²) in [7, 11) is -3.65. The second-order valence-electron chi connectivity index (χ2n) is 8.37. The Morgan fingerprint density at radius 2 is 1.56 bits per heavy atom. The molecule has 0 radical (unpaired) electrons. The second kappa shape index (κ2) is 11.4. The number of nitrogens with one attached hydrogen (secondary N) is 1. The van der Waals surface area contributed by atoms with Crippen molar-refractivity contribution in [3.8, 4) is 5.75 Å². The molecule has 1 amide bonds. The third kappa shape index (κ3) is 6.48. The van der Waals surface area contributed by atoms with Crippen molar-refractivity contribution in [1.29, 1.82) is 0 Å². The summed E-state index contributed by atoms with van der Waals surface area (Å²) in [6.07, 6.45) is 8.15. The normalized spacial score (nSPS) is 15.4. The fourth-order valence-corrected chi connectivity index (χ4v) is 5.53. The number of aryl methyl sites for hydroxylation is 1. The summed E-state index contributed by atoms with van der Waals surface area (Å²) in [5, 5.41) is 3.09. The van der Waals surface area contributed by atoms with E-state index in [9.17, 15) is 13.2 Å². The van der Waals surface area contributed by atoms with Crippen LogP contribution in [0.25, 0.3) is 0 Å². The van der Waals surface area contributed by atoms with Crippen LogP contribution in [-0.4, -0.2) is 33.5 Å². The van der Waals surface area contributed by atoms with Gasteiger partial charge in [-0.05, 0) is 63.1 Å². The van der Waals surface area contributed by atoms with Crippen molar-refractivity contribution < 1.29 is 17.9 Å². The average Bonchev–Trinajstić information content (AvgIpc) is 2.75. The molecule has 7 heteroatoms. The lowest BCUT2D eigenvalue weighted by Crippen LogP contribution is -2.38. The predicted octanol–water partition coefficient (Wildman–Crippen LogP) is 4.82. The molecule has 1 fully saturated rings. The minimum Gasteiger partial charge on any atom is -0.484 e. The first-order valence-electron chi connectivity index (χ1n) is 11.5. The van der Waals surface area contributed by atoms with Crippen molar-refractivity contribution in [2.75, 3.05) is 17.5 Å². The zero-order valence-electron chi connectivity index (χ0n) is 19.0. The van der Waals surface area contributed by atoms with Crippen molar-refractivity contribution >= 4 is 21.6 Å². The molecule has 2 aromatic carbocycles. The summed E-state index contributed by atoms with van der Waals surface area (Å²) in [5.41, 5.74) is 1.56. The molecule has 0 saturated heterocycles. The van der Waals surface area contributed by atoms with Gasteiger partial charge in [-0.2, -0.15) is 0 Å². The van der Waals surface area contributed by atoms with Crippen LogP contribution >= 0.6 is 0 Å². The lowest BCUT2D eigenvalue weighted by Gasteiger charge is -2.23. The molecule has 1 saturated carbocycles. The number of rotatable bonds is 8. The highest BCUT2D eigenvalue weighted by molar-refractivity contribution is 7.92. The van der Waals surface area contributed by atoms with Gasteiger partial charge in [0.1, 0.15) is 5.75 Å². The molecule has 1 aliphatic carbocycles. The monoisotopic (exact) mass is 458 g/mol. The number of carbonyl (C=O) groups is 1. The Balaban J connectivity index is 1.58. The quantitative estimate of drug-likeness (QED) is 0.615. The maximum Gasteiger partial charge on any atom is 0.264 e. The first-order valence-corrected chi connectivity index (χ1v) is 13.0. The number of ether oxygens (including phenoxy) is 1. The zero-order chi connectivity index (χ0) is 23.0. The van der Waals surface area contributed by atoms with E-state index in [4.69, 9.17) is 4.74 Å². The first-order chi connectivity index (χ1) is 15.4. The summed E-state index contributed by atoms with van der Waals surface area (Å²) in [5.74, 6) is 0.419. The first kappa shape index (κ1) is 24.1. The molecule has 0 heterocycles. The van der Waals surface area contributed by atoms with Gasteiger partial charge in [-0.15, -0.1) is 0 Å². The highest BCUT2D eigenvalue weighted by atomic mass is 32.2. The summed E-state index contributed by atoms with van der Waals surface area (Å²) in [4.78, 5) is 12.6. The summed E-state index contributed by atoms with van der Waals surface area (Å²) in [6, 6.07) is 13.9. The minimum atomic E-state index is -3.65. The van der Waals surface area contributed by atoms with Crippen LogP contribution in [0.3, 0.4) is 0 Å². The van der Waals surface area contributed by atoms with Crippen molar-refractivity contribution in [2.24, 2.45) is 0 Å². The summed E-state index contributed by atoms with van der Waals surface area (Å²) in [6.45, 7) is 3.98. The van der Waals surface area contributed by atoms with Crippen LogP contribution in [0.4, 0.5) is 5.69 Å². The summed E-state index contributed by atoms with van der Waals surface area (Å²) >= 11 is 0. The van der Waals surface area contributed by atoms with E-state index in [1.54, 1.807) is 55.5 Å². The molecule has 0 atom stereocenters. The number of carbonyl (C=O) groups excluding carboxylic acids is 1. The van der Waals surface area contributed by atoms with E-state index < -0.39 is 10.0 Å². The van der Waals surface area contributed by atoms with Crippen LogP contribution in [0.2, 0.25) is 0 Å². The molecule has 2 aromatic rings. The number of sulfonamides is 1. The van der Waals surface area contributed by atoms with Crippen LogP contribution in [0, 0.1) is 6.92 Å². The number of hydrogen-bond donors (Lipinski definition) is 1. The molecule has 174 valence electrons. The van der Waals surface area contributed by atoms with Gasteiger partial charge in [0, 0.05) is 12.6 Å². The van der Waals surface area contributed by atoms with Crippen LogP contribution in [0.15, 0.2) is 53.4 Å². The molecule has 0 aromatic heterocycles. The van der Waals surface area contributed by atoms with Crippen LogP contribution in [0.1, 0.15) is 57.4 Å². The Morgan fingerprint density at radius 3 is 2.16 bits per heavy atom. The molecular formula is C25H34N2O4S. The standard InChI is InChI=1S/C25H34N2O4S/c1-3-27(32(29,30)24-17-11-20(2)12-18-24)22-13-15-23(16-14-22)31-19-25(28)26-21-9-7-5-4-6-8-10-21/h11-18,21H,3-10,19H2,1-2H3,(H,26,28). The Bertz CT molecular complexity index is 964. The number of benzene rings is 2. The van der Waals surface area contributed by atoms with E-state index in [1.807, 2.05) is 6.92 Å². The molecule has 0 unspecified atom stereocenters. The Labute approximate surface area is 192 Å². The Morgan fingerprint density at radius 1 is 0.969 bits per heavy atom. The topological polar surface area (TPSA) is 75.7 Å². The van der Waals surface area contributed by atoms with E-state index in [0.717, 1.165) is 31.2 Å². The summed E-state index contributed by atoms with van der Waals surface area (Å²) < 4.78 is 33.1. The molecule has 1 N–H and O–H groups in total.